The van der Waals surface area contributed by atoms with Crippen LogP contribution in [-0.4, -0.2) is 16.1 Å². The van der Waals surface area contributed by atoms with Gasteiger partial charge >= 0.3 is 0 Å². The highest BCUT2D eigenvalue weighted by atomic mass is 16.1. The third-order valence-corrected chi connectivity index (χ3v) is 2.37. The van der Waals surface area contributed by atoms with E-state index in [1.807, 2.05) is 6.07 Å². The van der Waals surface area contributed by atoms with Crippen molar-refractivity contribution in [2.24, 2.45) is 0 Å². The predicted molar refractivity (Wildman–Crippen MR) is 66.5 cm³/mol. The van der Waals surface area contributed by atoms with Crippen molar-refractivity contribution in [2.45, 2.75) is 6.42 Å². The lowest BCUT2D eigenvalue weighted by atomic mass is 10.1. The van der Waals surface area contributed by atoms with Crippen molar-refractivity contribution in [3.63, 3.8) is 0 Å². The zero-order chi connectivity index (χ0) is 13.0. The van der Waals surface area contributed by atoms with Gasteiger partial charge in [0.25, 0.3) is 0 Å². The molecule has 0 saturated carbocycles. The maximum Gasteiger partial charge on any atom is 0.229 e. The maximum atomic E-state index is 11.7. The first-order valence-corrected chi connectivity index (χ1v) is 5.27. The number of H-pyrrole nitrogens is 1. The second-order valence-electron chi connectivity index (χ2n) is 3.74. The first-order chi connectivity index (χ1) is 8.69. The molecule has 4 N–H and O–H groups in total. The Labute approximate surface area is 103 Å². The van der Waals surface area contributed by atoms with E-state index in [1.54, 1.807) is 24.3 Å². The number of carbonyl (C=O) groups is 1. The Bertz CT molecular complexity index is 594. The molecule has 6 heteroatoms. The van der Waals surface area contributed by atoms with Crippen molar-refractivity contribution in [1.82, 2.24) is 10.2 Å². The molecule has 6 nitrogen and oxygen atoms in total. The zero-order valence-electron chi connectivity index (χ0n) is 9.47. The van der Waals surface area contributed by atoms with Crippen molar-refractivity contribution >= 4 is 17.4 Å². The Balaban J connectivity index is 2.01. The molecule has 2 aromatic rings. The van der Waals surface area contributed by atoms with Crippen LogP contribution in [-0.2, 0) is 11.2 Å². The number of nitrogens with zero attached hydrogens (tertiary/aromatic N) is 2. The molecule has 18 heavy (non-hydrogen) atoms. The quantitative estimate of drug-likeness (QED) is 0.698. The third kappa shape index (κ3) is 2.65. The topological polar surface area (TPSA) is 108 Å². The van der Waals surface area contributed by atoms with Gasteiger partial charge < -0.3 is 11.1 Å². The fourth-order valence-corrected chi connectivity index (χ4v) is 1.47. The van der Waals surface area contributed by atoms with Gasteiger partial charge in [0, 0.05) is 5.69 Å². The molecule has 1 aromatic carbocycles. The van der Waals surface area contributed by atoms with Crippen molar-refractivity contribution in [2.75, 3.05) is 11.1 Å². The van der Waals surface area contributed by atoms with E-state index >= 15 is 0 Å². The van der Waals surface area contributed by atoms with Gasteiger partial charge in [-0.05, 0) is 17.7 Å². The summed E-state index contributed by atoms with van der Waals surface area (Å²) in [7, 11) is 0. The van der Waals surface area contributed by atoms with Crippen molar-refractivity contribution < 1.29 is 4.79 Å². The first-order valence-electron chi connectivity index (χ1n) is 5.27. The van der Waals surface area contributed by atoms with Crippen molar-refractivity contribution in [3.05, 3.63) is 41.6 Å². The molecular formula is C12H11N5O. The van der Waals surface area contributed by atoms with Crippen LogP contribution < -0.4 is 11.1 Å². The highest BCUT2D eigenvalue weighted by Crippen LogP contribution is 2.11. The molecule has 0 unspecified atom stereocenters. The number of nitrogen functional groups attached to an aromatic ring is 1. The van der Waals surface area contributed by atoms with Crippen LogP contribution in [0.2, 0.25) is 0 Å². The number of hydrogen-bond donors (Lipinski definition) is 3. The SMILES string of the molecule is N#Cc1cn[nH]c1NC(=O)Cc1ccc(N)cc1. The molecule has 2 rings (SSSR count). The fourth-order valence-electron chi connectivity index (χ4n) is 1.47. The average Bonchev–Trinajstić information content (AvgIpc) is 2.79. The molecule has 0 aliphatic rings. The van der Waals surface area contributed by atoms with E-state index < -0.39 is 0 Å². The summed E-state index contributed by atoms with van der Waals surface area (Å²) in [4.78, 5) is 11.7. The summed E-state index contributed by atoms with van der Waals surface area (Å²) in [6.45, 7) is 0. The lowest BCUT2D eigenvalue weighted by Gasteiger charge is -2.03. The number of hydrogen-bond acceptors (Lipinski definition) is 4. The number of benzene rings is 1. The van der Waals surface area contributed by atoms with Crippen molar-refractivity contribution in [1.29, 1.82) is 5.26 Å². The van der Waals surface area contributed by atoms with Crippen LogP contribution in [0, 0.1) is 11.3 Å². The summed E-state index contributed by atoms with van der Waals surface area (Å²) in [5, 5.41) is 17.6. The smallest absolute Gasteiger partial charge is 0.229 e. The number of nitriles is 1. The summed E-state index contributed by atoms with van der Waals surface area (Å²) >= 11 is 0. The minimum Gasteiger partial charge on any atom is -0.399 e. The largest absolute Gasteiger partial charge is 0.399 e. The molecule has 0 atom stereocenters. The third-order valence-electron chi connectivity index (χ3n) is 2.37. The van der Waals surface area contributed by atoms with Crippen LogP contribution in [0.5, 0.6) is 0 Å². The fraction of sp³-hybridized carbons (Fsp3) is 0.0833. The second-order valence-corrected chi connectivity index (χ2v) is 3.74. The van der Waals surface area contributed by atoms with Gasteiger partial charge in [-0.2, -0.15) is 10.4 Å². The predicted octanol–water partition coefficient (Wildman–Crippen LogP) is 1.04. The Kier molecular flexibility index (Phi) is 3.25. The molecule has 0 aliphatic heterocycles. The number of amides is 1. The Morgan fingerprint density at radius 2 is 2.17 bits per heavy atom. The highest BCUT2D eigenvalue weighted by Gasteiger charge is 2.09. The van der Waals surface area contributed by atoms with Gasteiger partial charge in [-0.25, -0.2) is 0 Å². The molecule has 0 aliphatic carbocycles. The lowest BCUT2D eigenvalue weighted by molar-refractivity contribution is -0.115. The van der Waals surface area contributed by atoms with E-state index in [2.05, 4.69) is 15.5 Å². The van der Waals surface area contributed by atoms with Crippen LogP contribution in [0.25, 0.3) is 0 Å². The van der Waals surface area contributed by atoms with Crippen LogP contribution in [0.4, 0.5) is 11.5 Å². The van der Waals surface area contributed by atoms with E-state index in [1.165, 1.54) is 6.20 Å². The monoisotopic (exact) mass is 241 g/mol. The van der Waals surface area contributed by atoms with E-state index in [4.69, 9.17) is 11.0 Å². The van der Waals surface area contributed by atoms with E-state index in [-0.39, 0.29) is 12.3 Å². The van der Waals surface area contributed by atoms with Gasteiger partial charge in [0.1, 0.15) is 17.5 Å². The number of carbonyl (C=O) groups excluding carboxylic acids is 1. The number of nitrogens with two attached hydrogens (primary N) is 1. The highest BCUT2D eigenvalue weighted by molar-refractivity contribution is 5.92. The van der Waals surface area contributed by atoms with Crippen LogP contribution in [0.1, 0.15) is 11.1 Å². The summed E-state index contributed by atoms with van der Waals surface area (Å²) in [6, 6.07) is 8.97. The molecule has 1 amide bonds. The number of aromatic amines is 1. The first kappa shape index (κ1) is 11.7. The maximum absolute atomic E-state index is 11.7. The molecule has 90 valence electrons. The molecule has 0 bridgehead atoms. The zero-order valence-corrected chi connectivity index (χ0v) is 9.47. The number of rotatable bonds is 3. The second kappa shape index (κ2) is 5.01. The average molecular weight is 241 g/mol. The standard InChI is InChI=1S/C12H11N5O/c13-6-9-7-15-17-12(9)16-11(18)5-8-1-3-10(14)4-2-8/h1-4,7H,5,14H2,(H2,15,16,17,18). The Morgan fingerprint density at radius 1 is 1.44 bits per heavy atom. The summed E-state index contributed by atoms with van der Waals surface area (Å²) < 4.78 is 0. The molecule has 0 radical (unpaired) electrons. The molecule has 1 heterocycles. The summed E-state index contributed by atoms with van der Waals surface area (Å²) in [5.41, 5.74) is 7.36. The van der Waals surface area contributed by atoms with Gasteiger partial charge in [-0.1, -0.05) is 12.1 Å². The molecule has 0 saturated heterocycles. The Morgan fingerprint density at radius 3 is 2.83 bits per heavy atom. The van der Waals surface area contributed by atoms with Crippen molar-refractivity contribution in [3.8, 4) is 6.07 Å². The molecular weight excluding hydrogens is 230 g/mol. The molecule has 1 aromatic heterocycles. The van der Waals surface area contributed by atoms with E-state index in [9.17, 15) is 4.79 Å². The number of aromatic nitrogens is 2. The Hall–Kier alpha value is -2.81. The minimum atomic E-state index is -0.222. The van der Waals surface area contributed by atoms with Gasteiger partial charge in [0.2, 0.25) is 5.91 Å². The van der Waals surface area contributed by atoms with Crippen LogP contribution >= 0.6 is 0 Å². The number of anilines is 2. The van der Waals surface area contributed by atoms with E-state index in [0.717, 1.165) is 5.56 Å². The van der Waals surface area contributed by atoms with Crippen LogP contribution in [0.3, 0.4) is 0 Å². The normalized spacial score (nSPS) is 9.72. The van der Waals surface area contributed by atoms with Gasteiger partial charge in [0.05, 0.1) is 12.6 Å². The van der Waals surface area contributed by atoms with E-state index in [0.29, 0.717) is 17.1 Å². The summed E-state index contributed by atoms with van der Waals surface area (Å²) in [5.74, 6) is 0.0958. The molecule has 0 fully saturated rings. The minimum absolute atomic E-state index is 0.212. The lowest BCUT2D eigenvalue weighted by Crippen LogP contribution is -2.15. The van der Waals surface area contributed by atoms with Crippen LogP contribution in [0.15, 0.2) is 30.5 Å². The van der Waals surface area contributed by atoms with Gasteiger partial charge in [-0.3, -0.25) is 9.89 Å². The van der Waals surface area contributed by atoms with Gasteiger partial charge in [-0.15, -0.1) is 0 Å². The van der Waals surface area contributed by atoms with Gasteiger partial charge in [0.15, 0.2) is 0 Å². The summed E-state index contributed by atoms with van der Waals surface area (Å²) in [6.07, 6.45) is 1.57. The molecule has 0 spiro atoms. The number of nitrogens with one attached hydrogen (secondary N) is 2.